The van der Waals surface area contributed by atoms with E-state index in [1.165, 1.54) is 31.2 Å². The summed E-state index contributed by atoms with van der Waals surface area (Å²) in [4.78, 5) is 28.1. The van der Waals surface area contributed by atoms with E-state index >= 15 is 0 Å². The van der Waals surface area contributed by atoms with Gasteiger partial charge < -0.3 is 11.5 Å². The fraction of sp³-hybridized carbons (Fsp3) is 0.158. The van der Waals surface area contributed by atoms with Gasteiger partial charge in [0.25, 0.3) is 11.5 Å². The summed E-state index contributed by atoms with van der Waals surface area (Å²) >= 11 is 0. The van der Waals surface area contributed by atoms with Gasteiger partial charge in [0.15, 0.2) is 5.69 Å². The molecule has 0 spiro atoms. The van der Waals surface area contributed by atoms with Gasteiger partial charge in [-0.3, -0.25) is 9.59 Å². The molecule has 1 amide bonds. The highest BCUT2D eigenvalue weighted by Gasteiger charge is 2.34. The van der Waals surface area contributed by atoms with Crippen molar-refractivity contribution in [3.8, 4) is 5.69 Å². The number of nitrogens with two attached hydrogens (primary N) is 2. The van der Waals surface area contributed by atoms with Crippen LogP contribution in [-0.2, 0) is 6.18 Å². The van der Waals surface area contributed by atoms with Crippen LogP contribution in [0.1, 0.15) is 40.3 Å². The van der Waals surface area contributed by atoms with Crippen molar-refractivity contribution in [1.29, 1.82) is 0 Å². The minimum atomic E-state index is -4.75. The first kappa shape index (κ1) is 21.0. The summed E-state index contributed by atoms with van der Waals surface area (Å²) in [6, 6.07) is 8.04. The molecule has 0 aliphatic carbocycles. The lowest BCUT2D eigenvalue weighted by molar-refractivity contribution is -0.141. The number of primary amides is 1. The van der Waals surface area contributed by atoms with Gasteiger partial charge >= 0.3 is 6.18 Å². The molecule has 0 aliphatic heterocycles. The molecule has 1 unspecified atom stereocenters. The van der Waals surface area contributed by atoms with Crippen LogP contribution in [0, 0.1) is 5.82 Å². The van der Waals surface area contributed by atoms with Crippen LogP contribution >= 0.6 is 0 Å². The molecule has 2 heterocycles. The molecule has 1 atom stereocenters. The van der Waals surface area contributed by atoms with E-state index in [2.05, 4.69) is 10.1 Å². The molecule has 11 heteroatoms. The number of aromatic nitrogens is 3. The van der Waals surface area contributed by atoms with Crippen molar-refractivity contribution in [3.63, 3.8) is 0 Å². The topological polar surface area (TPSA) is 117 Å². The van der Waals surface area contributed by atoms with Crippen molar-refractivity contribution in [2.24, 2.45) is 5.73 Å². The van der Waals surface area contributed by atoms with E-state index in [1.807, 2.05) is 0 Å². The number of rotatable bonds is 4. The smallest absolute Gasteiger partial charge is 0.399 e. The summed E-state index contributed by atoms with van der Waals surface area (Å²) < 4.78 is 53.9. The average Bonchev–Trinajstić information content (AvgIpc) is 2.66. The van der Waals surface area contributed by atoms with Crippen LogP contribution < -0.4 is 17.0 Å². The highest BCUT2D eigenvalue weighted by Crippen LogP contribution is 2.32. The Bertz CT molecular complexity index is 1190. The standard InChI is InChI=1S/C19H15F4N5O2/c1-9(13-6-10(24)7-15(26-13)19(21,22)23)11-8-16(29)28(27-17(11)18(25)30)14-5-3-2-4-12(14)20/h2-9H,1H3,(H2,24,26)(H2,25,30). The average molecular weight is 421 g/mol. The SMILES string of the molecule is CC(c1cc(N)cc(C(F)(F)F)n1)c1cc(=O)n(-c2ccccc2F)nc1C(N)=O. The van der Waals surface area contributed by atoms with E-state index in [-0.39, 0.29) is 22.6 Å². The zero-order valence-corrected chi connectivity index (χ0v) is 15.4. The van der Waals surface area contributed by atoms with Gasteiger partial charge in [0.1, 0.15) is 17.2 Å². The van der Waals surface area contributed by atoms with E-state index in [1.54, 1.807) is 0 Å². The van der Waals surface area contributed by atoms with Crippen molar-refractivity contribution < 1.29 is 22.4 Å². The van der Waals surface area contributed by atoms with Crippen LogP contribution in [0.3, 0.4) is 0 Å². The third-order valence-electron chi connectivity index (χ3n) is 4.34. The first-order valence-electron chi connectivity index (χ1n) is 8.52. The van der Waals surface area contributed by atoms with E-state index in [0.717, 1.165) is 12.1 Å². The number of alkyl halides is 3. The molecule has 0 radical (unpaired) electrons. The van der Waals surface area contributed by atoms with E-state index in [0.29, 0.717) is 10.7 Å². The fourth-order valence-electron chi connectivity index (χ4n) is 2.89. The molecule has 0 saturated heterocycles. The lowest BCUT2D eigenvalue weighted by atomic mass is 9.95. The van der Waals surface area contributed by atoms with E-state index in [4.69, 9.17) is 11.5 Å². The molecular weight excluding hydrogens is 406 g/mol. The predicted octanol–water partition coefficient (Wildman–Crippen LogP) is 2.62. The summed E-state index contributed by atoms with van der Waals surface area (Å²) in [5, 5.41) is 3.85. The van der Waals surface area contributed by atoms with Gasteiger partial charge in [0.05, 0.1) is 5.69 Å². The van der Waals surface area contributed by atoms with Crippen molar-refractivity contribution in [2.75, 3.05) is 5.73 Å². The van der Waals surface area contributed by atoms with Gasteiger partial charge in [0, 0.05) is 17.7 Å². The maximum atomic E-state index is 14.1. The fourth-order valence-corrected chi connectivity index (χ4v) is 2.89. The number of hydrogen-bond donors (Lipinski definition) is 2. The van der Waals surface area contributed by atoms with Gasteiger partial charge in [-0.05, 0) is 29.8 Å². The monoisotopic (exact) mass is 421 g/mol. The first-order valence-corrected chi connectivity index (χ1v) is 8.52. The zero-order valence-electron chi connectivity index (χ0n) is 15.4. The van der Waals surface area contributed by atoms with E-state index < -0.39 is 40.8 Å². The Labute approximate surface area is 167 Å². The molecule has 0 bridgehead atoms. The van der Waals surface area contributed by atoms with Gasteiger partial charge in [-0.15, -0.1) is 0 Å². The van der Waals surface area contributed by atoms with Crippen molar-refractivity contribution in [2.45, 2.75) is 19.0 Å². The second-order valence-corrected chi connectivity index (χ2v) is 6.44. The third-order valence-corrected chi connectivity index (χ3v) is 4.34. The minimum Gasteiger partial charge on any atom is -0.399 e. The number of amides is 1. The molecule has 1 aromatic carbocycles. The van der Waals surface area contributed by atoms with E-state index in [9.17, 15) is 27.2 Å². The maximum absolute atomic E-state index is 14.1. The number of carbonyl (C=O) groups is 1. The van der Waals surface area contributed by atoms with Crippen LogP contribution in [0.4, 0.5) is 23.2 Å². The number of nitrogens with zero attached hydrogens (tertiary/aromatic N) is 3. The molecule has 2 aromatic heterocycles. The highest BCUT2D eigenvalue weighted by molar-refractivity contribution is 5.92. The Morgan fingerprint density at radius 2 is 1.83 bits per heavy atom. The summed E-state index contributed by atoms with van der Waals surface area (Å²) in [5.74, 6) is -2.81. The van der Waals surface area contributed by atoms with Crippen LogP contribution in [0.2, 0.25) is 0 Å². The maximum Gasteiger partial charge on any atom is 0.433 e. The summed E-state index contributed by atoms with van der Waals surface area (Å²) in [5.41, 5.74) is 7.84. The molecule has 7 nitrogen and oxygen atoms in total. The van der Waals surface area contributed by atoms with Gasteiger partial charge in [0.2, 0.25) is 0 Å². The summed E-state index contributed by atoms with van der Waals surface area (Å²) in [7, 11) is 0. The number of halogens is 4. The van der Waals surface area contributed by atoms with Crippen molar-refractivity contribution in [3.05, 3.63) is 81.3 Å². The quantitative estimate of drug-likeness (QED) is 0.628. The third kappa shape index (κ3) is 4.00. The Hall–Kier alpha value is -3.76. The number of pyridine rings is 1. The van der Waals surface area contributed by atoms with Crippen LogP contribution in [0.5, 0.6) is 0 Å². The lowest BCUT2D eigenvalue weighted by Gasteiger charge is -2.17. The number of anilines is 1. The molecule has 3 rings (SSSR count). The number of para-hydroxylation sites is 1. The van der Waals surface area contributed by atoms with Crippen LogP contribution in [-0.4, -0.2) is 20.7 Å². The molecule has 30 heavy (non-hydrogen) atoms. The summed E-state index contributed by atoms with van der Waals surface area (Å²) in [6.07, 6.45) is -4.75. The minimum absolute atomic E-state index is 0.0636. The van der Waals surface area contributed by atoms with Gasteiger partial charge in [-0.2, -0.15) is 23.0 Å². The molecular formula is C19H15F4N5O2. The first-order chi connectivity index (χ1) is 14.0. The van der Waals surface area contributed by atoms with Crippen molar-refractivity contribution >= 4 is 11.6 Å². The lowest BCUT2D eigenvalue weighted by Crippen LogP contribution is -2.29. The van der Waals surface area contributed by atoms with Crippen LogP contribution in [0.25, 0.3) is 5.69 Å². The Morgan fingerprint density at radius 1 is 1.17 bits per heavy atom. The second kappa shape index (κ2) is 7.58. The number of benzene rings is 1. The number of hydrogen-bond acceptors (Lipinski definition) is 5. The number of carbonyl (C=O) groups excluding carboxylic acids is 1. The second-order valence-electron chi connectivity index (χ2n) is 6.44. The Kier molecular flexibility index (Phi) is 5.29. The molecule has 4 N–H and O–H groups in total. The molecule has 0 fully saturated rings. The highest BCUT2D eigenvalue weighted by atomic mass is 19.4. The normalized spacial score (nSPS) is 12.6. The van der Waals surface area contributed by atoms with Gasteiger partial charge in [-0.1, -0.05) is 19.1 Å². The molecule has 156 valence electrons. The Morgan fingerprint density at radius 3 is 2.43 bits per heavy atom. The zero-order chi connectivity index (χ0) is 22.2. The van der Waals surface area contributed by atoms with Crippen molar-refractivity contribution in [1.82, 2.24) is 14.8 Å². The predicted molar refractivity (Wildman–Crippen MR) is 99.5 cm³/mol. The molecule has 3 aromatic rings. The van der Waals surface area contributed by atoms with Gasteiger partial charge in [-0.25, -0.2) is 9.37 Å². The molecule has 0 aliphatic rings. The largest absolute Gasteiger partial charge is 0.433 e. The Balaban J connectivity index is 2.19. The van der Waals surface area contributed by atoms with Crippen LogP contribution in [0.15, 0.2) is 47.3 Å². The molecule has 0 saturated carbocycles. The number of nitrogen functional groups attached to an aromatic ring is 1. The summed E-state index contributed by atoms with van der Waals surface area (Å²) in [6.45, 7) is 1.41.